The van der Waals surface area contributed by atoms with Crippen LogP contribution in [0.5, 0.6) is 0 Å². The molecular weight excluding hydrogens is 325 g/mol. The number of carboxylic acids is 1. The summed E-state index contributed by atoms with van der Waals surface area (Å²) in [7, 11) is 0. The van der Waals surface area contributed by atoms with Crippen molar-refractivity contribution >= 4 is 27.8 Å². The molecule has 2 heterocycles. The highest BCUT2D eigenvalue weighted by Gasteiger charge is 2.19. The van der Waals surface area contributed by atoms with Crippen LogP contribution in [0.4, 0.5) is 4.39 Å². The van der Waals surface area contributed by atoms with E-state index in [-0.39, 0.29) is 17.6 Å². The zero-order valence-electron chi connectivity index (χ0n) is 12.9. The monoisotopic (exact) mass is 337 g/mol. The van der Waals surface area contributed by atoms with Gasteiger partial charge in [0.05, 0.1) is 17.8 Å². The lowest BCUT2D eigenvalue weighted by molar-refractivity contribution is -0.136. The topological polar surface area (TPSA) is 88.0 Å². The van der Waals surface area contributed by atoms with Crippen LogP contribution in [0.15, 0.2) is 53.3 Å². The Kier molecular flexibility index (Phi) is 3.35. The van der Waals surface area contributed by atoms with Crippen LogP contribution in [0.1, 0.15) is 5.69 Å². The second-order valence-corrected chi connectivity index (χ2v) is 5.63. The second kappa shape index (κ2) is 5.55. The van der Waals surface area contributed by atoms with Gasteiger partial charge in [-0.1, -0.05) is 18.2 Å². The van der Waals surface area contributed by atoms with E-state index in [0.717, 1.165) is 4.68 Å². The first kappa shape index (κ1) is 15.1. The molecular formula is C18H12FN3O3. The minimum absolute atomic E-state index is 0.197. The van der Waals surface area contributed by atoms with Gasteiger partial charge in [0.25, 0.3) is 5.56 Å². The molecule has 2 aromatic carbocycles. The fourth-order valence-electron chi connectivity index (χ4n) is 2.96. The molecule has 0 amide bonds. The lowest BCUT2D eigenvalue weighted by atomic mass is 10.1. The molecule has 6 nitrogen and oxygen atoms in total. The Labute approximate surface area is 140 Å². The third-order valence-electron chi connectivity index (χ3n) is 4.00. The Morgan fingerprint density at radius 2 is 1.96 bits per heavy atom. The minimum Gasteiger partial charge on any atom is -0.481 e. The molecule has 0 radical (unpaired) electrons. The first-order chi connectivity index (χ1) is 12.0. The summed E-state index contributed by atoms with van der Waals surface area (Å²) in [4.78, 5) is 27.1. The van der Waals surface area contributed by atoms with Crippen molar-refractivity contribution in [2.45, 2.75) is 6.42 Å². The Morgan fingerprint density at radius 1 is 1.20 bits per heavy atom. The van der Waals surface area contributed by atoms with Gasteiger partial charge < -0.3 is 10.1 Å². The zero-order chi connectivity index (χ0) is 17.6. The van der Waals surface area contributed by atoms with Gasteiger partial charge in [-0.05, 0) is 30.3 Å². The van der Waals surface area contributed by atoms with E-state index in [9.17, 15) is 19.1 Å². The molecule has 124 valence electrons. The number of benzene rings is 2. The number of aromatic nitrogens is 3. The van der Waals surface area contributed by atoms with Crippen LogP contribution in [0.2, 0.25) is 0 Å². The zero-order valence-corrected chi connectivity index (χ0v) is 12.9. The van der Waals surface area contributed by atoms with Crippen LogP contribution in [0.25, 0.3) is 27.5 Å². The van der Waals surface area contributed by atoms with E-state index in [0.29, 0.717) is 22.0 Å². The van der Waals surface area contributed by atoms with Gasteiger partial charge in [0.1, 0.15) is 11.3 Å². The van der Waals surface area contributed by atoms with Crippen LogP contribution in [0, 0.1) is 5.82 Å². The first-order valence-electron chi connectivity index (χ1n) is 7.55. The number of aliphatic carboxylic acids is 1. The highest BCUT2D eigenvalue weighted by molar-refractivity contribution is 6.08. The smallest absolute Gasteiger partial charge is 0.309 e. The van der Waals surface area contributed by atoms with Crippen LogP contribution in [-0.2, 0) is 11.2 Å². The number of carboxylic acid groups (broad SMARTS) is 1. The van der Waals surface area contributed by atoms with E-state index in [1.807, 2.05) is 0 Å². The number of hydrogen-bond donors (Lipinski definition) is 2. The van der Waals surface area contributed by atoms with Crippen molar-refractivity contribution in [2.75, 3.05) is 0 Å². The summed E-state index contributed by atoms with van der Waals surface area (Å²) in [6.45, 7) is 0. The molecule has 2 aromatic heterocycles. The number of nitrogens with one attached hydrogen (secondary N) is 1. The maximum atomic E-state index is 13.6. The number of halogens is 1. The quantitative estimate of drug-likeness (QED) is 0.601. The van der Waals surface area contributed by atoms with Crippen molar-refractivity contribution in [1.82, 2.24) is 14.8 Å². The molecule has 0 atom stereocenters. The number of nitrogens with zero attached hydrogens (tertiary/aromatic N) is 2. The summed E-state index contributed by atoms with van der Waals surface area (Å²) < 4.78 is 14.8. The molecule has 0 saturated carbocycles. The lowest BCUT2D eigenvalue weighted by Gasteiger charge is -2.08. The maximum absolute atomic E-state index is 13.6. The highest BCUT2D eigenvalue weighted by Crippen LogP contribution is 2.27. The Hall–Kier alpha value is -3.48. The predicted octanol–water partition coefficient (Wildman–Crippen LogP) is 2.63. The predicted molar refractivity (Wildman–Crippen MR) is 90.5 cm³/mol. The van der Waals surface area contributed by atoms with Crippen LogP contribution < -0.4 is 5.56 Å². The summed E-state index contributed by atoms with van der Waals surface area (Å²) in [6.07, 6.45) is -0.382. The second-order valence-electron chi connectivity index (χ2n) is 5.63. The third kappa shape index (κ3) is 2.46. The molecule has 2 N–H and O–H groups in total. The summed E-state index contributed by atoms with van der Waals surface area (Å²) in [5.74, 6) is -1.56. The van der Waals surface area contributed by atoms with Gasteiger partial charge in [-0.25, -0.2) is 4.39 Å². The fraction of sp³-hybridized carbons (Fsp3) is 0.0556. The first-order valence-corrected chi connectivity index (χ1v) is 7.55. The van der Waals surface area contributed by atoms with Gasteiger partial charge in [0, 0.05) is 16.3 Å². The van der Waals surface area contributed by atoms with E-state index in [1.54, 1.807) is 30.3 Å². The molecule has 0 bridgehead atoms. The molecule has 0 unspecified atom stereocenters. The van der Waals surface area contributed by atoms with Crippen molar-refractivity contribution in [3.8, 4) is 5.69 Å². The van der Waals surface area contributed by atoms with Crippen molar-refractivity contribution in [2.24, 2.45) is 0 Å². The summed E-state index contributed by atoms with van der Waals surface area (Å²) in [5.41, 5.74) is 1.05. The number of carbonyl (C=O) groups is 1. The summed E-state index contributed by atoms with van der Waals surface area (Å²) in [6, 6.07) is 12.8. The minimum atomic E-state index is -1.09. The molecule has 0 aliphatic rings. The maximum Gasteiger partial charge on any atom is 0.309 e. The number of hydrogen-bond acceptors (Lipinski definition) is 3. The largest absolute Gasteiger partial charge is 0.481 e. The average Bonchev–Trinajstić information content (AvgIpc) is 2.97. The van der Waals surface area contributed by atoms with E-state index < -0.39 is 17.3 Å². The van der Waals surface area contributed by atoms with Crippen molar-refractivity contribution in [3.05, 3.63) is 70.4 Å². The van der Waals surface area contributed by atoms with E-state index >= 15 is 0 Å². The molecule has 7 heteroatoms. The number of fused-ring (bicyclic) bond motifs is 3. The van der Waals surface area contributed by atoms with Gasteiger partial charge in [-0.2, -0.15) is 9.78 Å². The van der Waals surface area contributed by atoms with E-state index in [1.165, 1.54) is 18.2 Å². The molecule has 0 fully saturated rings. The van der Waals surface area contributed by atoms with Gasteiger partial charge in [0.2, 0.25) is 0 Å². The van der Waals surface area contributed by atoms with Crippen LogP contribution in [-0.4, -0.2) is 25.8 Å². The molecule has 25 heavy (non-hydrogen) atoms. The van der Waals surface area contributed by atoms with Crippen molar-refractivity contribution in [1.29, 1.82) is 0 Å². The Bertz CT molecular complexity index is 1180. The Morgan fingerprint density at radius 3 is 2.68 bits per heavy atom. The molecule has 4 rings (SSSR count). The number of rotatable bonds is 3. The number of H-pyrrole nitrogens is 1. The molecule has 0 spiro atoms. The van der Waals surface area contributed by atoms with Crippen molar-refractivity contribution in [3.63, 3.8) is 0 Å². The highest BCUT2D eigenvalue weighted by atomic mass is 19.1. The Balaban J connectivity index is 2.14. The van der Waals surface area contributed by atoms with Gasteiger partial charge in [-0.3, -0.25) is 9.59 Å². The van der Waals surface area contributed by atoms with Crippen LogP contribution in [0.3, 0.4) is 0 Å². The van der Waals surface area contributed by atoms with Gasteiger partial charge >= 0.3 is 5.97 Å². The fourth-order valence-corrected chi connectivity index (χ4v) is 2.96. The normalized spacial score (nSPS) is 11.2. The molecule has 0 saturated heterocycles. The summed E-state index contributed by atoms with van der Waals surface area (Å²) in [5, 5.41) is 14.2. The SMILES string of the molecule is O=C(O)Cc1nn(-c2ccccc2)c(=O)c2[nH]c3ccc(F)cc3c12. The molecule has 0 aliphatic heterocycles. The lowest BCUT2D eigenvalue weighted by Crippen LogP contribution is -2.23. The average molecular weight is 337 g/mol. The number of aromatic amines is 1. The summed E-state index contributed by atoms with van der Waals surface area (Å²) >= 11 is 0. The van der Waals surface area contributed by atoms with E-state index in [4.69, 9.17) is 0 Å². The van der Waals surface area contributed by atoms with Crippen LogP contribution >= 0.6 is 0 Å². The van der Waals surface area contributed by atoms with Crippen molar-refractivity contribution < 1.29 is 14.3 Å². The third-order valence-corrected chi connectivity index (χ3v) is 4.00. The van der Waals surface area contributed by atoms with E-state index in [2.05, 4.69) is 10.1 Å². The molecule has 4 aromatic rings. The standard InChI is InChI=1S/C18H12FN3O3/c19-10-6-7-13-12(8-10)16-14(9-15(23)24)21-22(18(25)17(16)20-13)11-4-2-1-3-5-11/h1-8,20H,9H2,(H,23,24). The molecule has 0 aliphatic carbocycles. The van der Waals surface area contributed by atoms with Gasteiger partial charge in [0.15, 0.2) is 0 Å². The van der Waals surface area contributed by atoms with Gasteiger partial charge in [-0.15, -0.1) is 0 Å². The number of para-hydroxylation sites is 1.